The lowest BCUT2D eigenvalue weighted by Gasteiger charge is -2.21. The first-order valence-corrected chi connectivity index (χ1v) is 8.25. The van der Waals surface area contributed by atoms with Crippen molar-refractivity contribution in [2.45, 2.75) is 13.5 Å². The van der Waals surface area contributed by atoms with E-state index in [0.29, 0.717) is 18.7 Å². The zero-order valence-corrected chi connectivity index (χ0v) is 13.8. The number of benzene rings is 1. The normalized spacial score (nSPS) is 26.0. The first-order valence-electron chi connectivity index (χ1n) is 8.25. The molecular formula is C18H19N3O4. The van der Waals surface area contributed by atoms with Gasteiger partial charge < -0.3 is 15.4 Å². The highest BCUT2D eigenvalue weighted by molar-refractivity contribution is 5.92. The van der Waals surface area contributed by atoms with Gasteiger partial charge in [0.25, 0.3) is 5.56 Å². The van der Waals surface area contributed by atoms with Crippen molar-refractivity contribution in [3.05, 3.63) is 45.7 Å². The van der Waals surface area contributed by atoms with Crippen LogP contribution in [0.4, 0.5) is 0 Å². The van der Waals surface area contributed by atoms with Crippen LogP contribution < -0.4 is 10.9 Å². The molecule has 1 aromatic carbocycles. The summed E-state index contributed by atoms with van der Waals surface area (Å²) in [7, 11) is 0. The number of aromatic nitrogens is 1. The molecule has 0 spiro atoms. The van der Waals surface area contributed by atoms with Crippen molar-refractivity contribution in [2.75, 3.05) is 19.6 Å². The molecule has 1 amide bonds. The summed E-state index contributed by atoms with van der Waals surface area (Å²) in [4.78, 5) is 40.9. The summed E-state index contributed by atoms with van der Waals surface area (Å²) in [5, 5.41) is 13.2. The Balaban J connectivity index is 1.63. The molecule has 7 heteroatoms. The minimum Gasteiger partial charge on any atom is -0.481 e. The smallest absolute Gasteiger partial charge is 0.313 e. The van der Waals surface area contributed by atoms with Crippen molar-refractivity contribution in [1.29, 1.82) is 0 Å². The molecule has 2 fully saturated rings. The Hall–Kier alpha value is -2.67. The Morgan fingerprint density at radius 1 is 1.36 bits per heavy atom. The van der Waals surface area contributed by atoms with Gasteiger partial charge in [-0.1, -0.05) is 12.1 Å². The second-order valence-corrected chi connectivity index (χ2v) is 7.12. The Labute approximate surface area is 143 Å². The van der Waals surface area contributed by atoms with Crippen LogP contribution in [-0.4, -0.2) is 46.5 Å². The van der Waals surface area contributed by atoms with E-state index >= 15 is 0 Å². The molecule has 1 aromatic heterocycles. The molecule has 2 aromatic rings. The molecule has 2 aliphatic heterocycles. The minimum absolute atomic E-state index is 0.148. The molecule has 130 valence electrons. The number of rotatable bonds is 3. The van der Waals surface area contributed by atoms with Crippen LogP contribution in [0.3, 0.4) is 0 Å². The largest absolute Gasteiger partial charge is 0.481 e. The third-order valence-corrected chi connectivity index (χ3v) is 5.41. The van der Waals surface area contributed by atoms with E-state index in [2.05, 4.69) is 10.3 Å². The van der Waals surface area contributed by atoms with E-state index in [4.69, 9.17) is 0 Å². The van der Waals surface area contributed by atoms with Crippen LogP contribution in [0.15, 0.2) is 29.1 Å². The lowest BCUT2D eigenvalue weighted by molar-refractivity contribution is -0.149. The van der Waals surface area contributed by atoms with Gasteiger partial charge in [-0.3, -0.25) is 19.3 Å². The average Bonchev–Trinajstić information content (AvgIpc) is 3.07. The summed E-state index contributed by atoms with van der Waals surface area (Å²) < 4.78 is 0. The number of hydrogen-bond donors (Lipinski definition) is 3. The van der Waals surface area contributed by atoms with Crippen LogP contribution in [0.2, 0.25) is 0 Å². The predicted molar refractivity (Wildman–Crippen MR) is 91.2 cm³/mol. The Bertz CT molecular complexity index is 951. The van der Waals surface area contributed by atoms with Gasteiger partial charge in [0.15, 0.2) is 0 Å². The van der Waals surface area contributed by atoms with Crippen LogP contribution in [0.5, 0.6) is 0 Å². The topological polar surface area (TPSA) is 102 Å². The van der Waals surface area contributed by atoms with Crippen molar-refractivity contribution in [3.8, 4) is 0 Å². The van der Waals surface area contributed by atoms with Crippen molar-refractivity contribution in [2.24, 2.45) is 11.3 Å². The summed E-state index contributed by atoms with van der Waals surface area (Å²) in [5.74, 6) is -1.73. The van der Waals surface area contributed by atoms with E-state index in [9.17, 15) is 19.5 Å². The number of hydrogen-bond acceptors (Lipinski definition) is 4. The molecule has 7 nitrogen and oxygen atoms in total. The summed E-state index contributed by atoms with van der Waals surface area (Å²) in [6, 6.07) is 7.70. The van der Waals surface area contributed by atoms with Crippen LogP contribution in [-0.2, 0) is 16.1 Å². The van der Waals surface area contributed by atoms with Crippen molar-refractivity contribution < 1.29 is 14.7 Å². The molecule has 0 bridgehead atoms. The van der Waals surface area contributed by atoms with Gasteiger partial charge in [0.05, 0.1) is 5.92 Å². The van der Waals surface area contributed by atoms with E-state index in [1.54, 1.807) is 0 Å². The van der Waals surface area contributed by atoms with E-state index in [1.165, 1.54) is 0 Å². The standard InChI is InChI=1S/C18H19N3O4/c1-10-2-3-11-5-12(15(22)20-14(11)4-10)6-21-7-13-16(23)19-8-18(13,9-21)17(24)25/h2-5,13H,6-9H2,1H3,(H,19,23)(H,20,22)(H,24,25)/t13-,18+/m1/s1. The average molecular weight is 341 g/mol. The third kappa shape index (κ3) is 2.42. The molecule has 0 unspecified atom stereocenters. The highest BCUT2D eigenvalue weighted by Gasteiger charge is 2.59. The maximum atomic E-state index is 12.4. The van der Waals surface area contributed by atoms with Crippen LogP contribution in [0, 0.1) is 18.3 Å². The number of aromatic amines is 1. The number of aliphatic carboxylic acids is 1. The van der Waals surface area contributed by atoms with E-state index in [1.807, 2.05) is 36.1 Å². The first kappa shape index (κ1) is 15.8. The monoisotopic (exact) mass is 341 g/mol. The zero-order chi connectivity index (χ0) is 17.8. The number of amides is 1. The second-order valence-electron chi connectivity index (χ2n) is 7.12. The second kappa shape index (κ2) is 5.42. The number of nitrogens with one attached hydrogen (secondary N) is 2. The molecule has 2 atom stereocenters. The molecule has 4 rings (SSSR count). The van der Waals surface area contributed by atoms with E-state index in [0.717, 1.165) is 16.5 Å². The molecular weight excluding hydrogens is 322 g/mol. The number of nitrogens with zero attached hydrogens (tertiary/aromatic N) is 1. The summed E-state index contributed by atoms with van der Waals surface area (Å²) >= 11 is 0. The lowest BCUT2D eigenvalue weighted by atomic mass is 9.81. The molecule has 3 N–H and O–H groups in total. The number of fused-ring (bicyclic) bond motifs is 2. The number of pyridine rings is 1. The Morgan fingerprint density at radius 3 is 2.88 bits per heavy atom. The highest BCUT2D eigenvalue weighted by Crippen LogP contribution is 2.40. The summed E-state index contributed by atoms with van der Waals surface area (Å²) in [6.07, 6.45) is 0. The number of likely N-dealkylation sites (tertiary alicyclic amines) is 1. The summed E-state index contributed by atoms with van der Waals surface area (Å²) in [6.45, 7) is 3.05. The maximum absolute atomic E-state index is 12.4. The zero-order valence-electron chi connectivity index (χ0n) is 13.8. The molecule has 2 saturated heterocycles. The SMILES string of the molecule is Cc1ccc2cc(CN3C[C@@H]4C(=O)NC[C@]4(C(=O)O)C3)c(=O)[nH]c2c1. The van der Waals surface area contributed by atoms with Crippen molar-refractivity contribution in [1.82, 2.24) is 15.2 Å². The van der Waals surface area contributed by atoms with Gasteiger partial charge in [-0.15, -0.1) is 0 Å². The number of carbonyl (C=O) groups is 2. The fourth-order valence-electron chi connectivity index (χ4n) is 4.02. The number of carboxylic acids is 1. The van der Waals surface area contributed by atoms with Gasteiger partial charge in [0, 0.05) is 37.3 Å². The van der Waals surface area contributed by atoms with Gasteiger partial charge >= 0.3 is 5.97 Å². The van der Waals surface area contributed by atoms with Crippen molar-refractivity contribution in [3.63, 3.8) is 0 Å². The molecule has 3 heterocycles. The summed E-state index contributed by atoms with van der Waals surface area (Å²) in [5.41, 5.74) is 1.17. The fourth-order valence-corrected chi connectivity index (χ4v) is 4.02. The third-order valence-electron chi connectivity index (χ3n) is 5.41. The van der Waals surface area contributed by atoms with Gasteiger partial charge in [0.2, 0.25) is 5.91 Å². The van der Waals surface area contributed by atoms with Crippen LogP contribution in [0.1, 0.15) is 11.1 Å². The Kier molecular flexibility index (Phi) is 3.43. The number of carboxylic acid groups (broad SMARTS) is 1. The van der Waals surface area contributed by atoms with Crippen LogP contribution in [0.25, 0.3) is 10.9 Å². The van der Waals surface area contributed by atoms with E-state index in [-0.39, 0.29) is 24.6 Å². The molecule has 2 aliphatic rings. The highest BCUT2D eigenvalue weighted by atomic mass is 16.4. The number of aryl methyl sites for hydroxylation is 1. The van der Waals surface area contributed by atoms with Gasteiger partial charge in [0.1, 0.15) is 5.41 Å². The Morgan fingerprint density at radius 2 is 2.16 bits per heavy atom. The maximum Gasteiger partial charge on any atom is 0.313 e. The van der Waals surface area contributed by atoms with Gasteiger partial charge in [-0.05, 0) is 30.0 Å². The molecule has 0 aliphatic carbocycles. The fraction of sp³-hybridized carbons (Fsp3) is 0.389. The van der Waals surface area contributed by atoms with Crippen LogP contribution >= 0.6 is 0 Å². The molecule has 0 radical (unpaired) electrons. The number of carbonyl (C=O) groups excluding carboxylic acids is 1. The van der Waals surface area contributed by atoms with Gasteiger partial charge in [-0.2, -0.15) is 0 Å². The minimum atomic E-state index is -1.09. The quantitative estimate of drug-likeness (QED) is 0.753. The van der Waals surface area contributed by atoms with Gasteiger partial charge in [-0.25, -0.2) is 0 Å². The van der Waals surface area contributed by atoms with E-state index < -0.39 is 17.3 Å². The molecule has 0 saturated carbocycles. The predicted octanol–water partition coefficient (Wildman–Crippen LogP) is 0.469. The number of H-pyrrole nitrogens is 1. The van der Waals surface area contributed by atoms with Crippen molar-refractivity contribution >= 4 is 22.8 Å². The first-order chi connectivity index (χ1) is 11.9. The lowest BCUT2D eigenvalue weighted by Crippen LogP contribution is -2.40. The molecule has 25 heavy (non-hydrogen) atoms.